The molecule has 1 fully saturated rings. The number of carbonyl (C=O) groups excluding carboxylic acids is 1. The Hall–Kier alpha value is -2.05. The predicted octanol–water partition coefficient (Wildman–Crippen LogP) is -0.765. The van der Waals surface area contributed by atoms with Crippen LogP contribution in [0.5, 0.6) is 0 Å². The number of nitrogens with zero attached hydrogens (tertiary/aromatic N) is 3. The van der Waals surface area contributed by atoms with Crippen molar-refractivity contribution in [2.75, 3.05) is 18.8 Å². The van der Waals surface area contributed by atoms with Gasteiger partial charge in [-0.3, -0.25) is 14.2 Å². The smallest absolute Gasteiger partial charge is 0.331 e. The zero-order chi connectivity index (χ0) is 14.0. The van der Waals surface area contributed by atoms with Gasteiger partial charge in [-0.2, -0.15) is 0 Å². The van der Waals surface area contributed by atoms with Gasteiger partial charge in [0.25, 0.3) is 5.56 Å². The maximum Gasteiger partial charge on any atom is 0.331 e. The van der Waals surface area contributed by atoms with Crippen LogP contribution >= 0.6 is 0 Å². The Bertz CT molecular complexity index is 596. The summed E-state index contributed by atoms with van der Waals surface area (Å²) in [4.78, 5) is 37.6. The van der Waals surface area contributed by atoms with Crippen LogP contribution in [0.1, 0.15) is 19.8 Å². The van der Waals surface area contributed by atoms with E-state index in [0.717, 1.165) is 17.4 Å². The fourth-order valence-electron chi connectivity index (χ4n) is 2.24. The molecule has 1 saturated heterocycles. The molecule has 2 heterocycles. The van der Waals surface area contributed by atoms with Crippen molar-refractivity contribution in [1.29, 1.82) is 0 Å². The number of aryl methyl sites for hydroxylation is 1. The molecule has 1 aliphatic heterocycles. The number of hydrogen-bond donors (Lipinski definition) is 1. The fraction of sp³-hybridized carbons (Fsp3) is 0.583. The molecule has 104 valence electrons. The van der Waals surface area contributed by atoms with Crippen molar-refractivity contribution < 1.29 is 4.79 Å². The average Bonchev–Trinajstić information content (AvgIpc) is 2.92. The van der Waals surface area contributed by atoms with E-state index in [-0.39, 0.29) is 18.1 Å². The number of nitrogen functional groups attached to an aromatic ring is 1. The van der Waals surface area contributed by atoms with Gasteiger partial charge >= 0.3 is 5.69 Å². The van der Waals surface area contributed by atoms with Crippen LogP contribution in [-0.2, 0) is 17.9 Å². The van der Waals surface area contributed by atoms with Crippen molar-refractivity contribution in [1.82, 2.24) is 14.0 Å². The van der Waals surface area contributed by atoms with Crippen molar-refractivity contribution in [3.63, 3.8) is 0 Å². The minimum Gasteiger partial charge on any atom is -0.393 e. The fourth-order valence-corrected chi connectivity index (χ4v) is 2.24. The average molecular weight is 266 g/mol. The molecule has 1 aromatic rings. The lowest BCUT2D eigenvalue weighted by Crippen LogP contribution is -2.44. The lowest BCUT2D eigenvalue weighted by Gasteiger charge is -2.16. The highest BCUT2D eigenvalue weighted by atomic mass is 16.2. The Kier molecular flexibility index (Phi) is 3.73. The number of likely N-dealkylation sites (tertiary alicyclic amines) is 1. The molecular weight excluding hydrogens is 248 g/mol. The SMILES string of the molecule is CCn1cc(N)c(=O)n(CC(=O)N2CCCC2)c1=O. The van der Waals surface area contributed by atoms with E-state index in [1.165, 1.54) is 10.8 Å². The molecule has 0 aromatic carbocycles. The maximum absolute atomic E-state index is 12.0. The Morgan fingerprint density at radius 1 is 1.32 bits per heavy atom. The number of nitrogens with two attached hydrogens (primary N) is 1. The van der Waals surface area contributed by atoms with Crippen LogP contribution in [0, 0.1) is 0 Å². The summed E-state index contributed by atoms with van der Waals surface area (Å²) in [5.41, 5.74) is 4.47. The molecule has 0 aliphatic carbocycles. The van der Waals surface area contributed by atoms with Crippen LogP contribution in [0.25, 0.3) is 0 Å². The second-order valence-corrected chi connectivity index (χ2v) is 4.63. The first-order chi connectivity index (χ1) is 9.04. The minimum atomic E-state index is -0.595. The second kappa shape index (κ2) is 5.29. The maximum atomic E-state index is 12.0. The first-order valence-electron chi connectivity index (χ1n) is 6.42. The molecule has 7 heteroatoms. The number of carbonyl (C=O) groups is 1. The van der Waals surface area contributed by atoms with Crippen molar-refractivity contribution in [2.45, 2.75) is 32.9 Å². The summed E-state index contributed by atoms with van der Waals surface area (Å²) >= 11 is 0. The summed E-state index contributed by atoms with van der Waals surface area (Å²) in [5.74, 6) is -0.204. The van der Waals surface area contributed by atoms with Gasteiger partial charge < -0.3 is 10.6 Å². The molecule has 2 N–H and O–H groups in total. The zero-order valence-corrected chi connectivity index (χ0v) is 11.0. The molecule has 0 atom stereocenters. The number of hydrogen-bond acceptors (Lipinski definition) is 4. The van der Waals surface area contributed by atoms with Crippen molar-refractivity contribution in [3.05, 3.63) is 27.0 Å². The van der Waals surface area contributed by atoms with Gasteiger partial charge in [0.15, 0.2) is 0 Å². The highest BCUT2D eigenvalue weighted by molar-refractivity contribution is 5.76. The van der Waals surface area contributed by atoms with Crippen LogP contribution < -0.4 is 17.0 Å². The Labute approximate surface area is 110 Å². The zero-order valence-electron chi connectivity index (χ0n) is 11.0. The van der Waals surface area contributed by atoms with Crippen molar-refractivity contribution in [3.8, 4) is 0 Å². The summed E-state index contributed by atoms with van der Waals surface area (Å²) in [6.45, 7) is 3.33. The molecule has 7 nitrogen and oxygen atoms in total. The predicted molar refractivity (Wildman–Crippen MR) is 70.9 cm³/mol. The topological polar surface area (TPSA) is 90.3 Å². The number of aromatic nitrogens is 2. The summed E-state index contributed by atoms with van der Waals surface area (Å²) in [6, 6.07) is 0. The summed E-state index contributed by atoms with van der Waals surface area (Å²) in [6.07, 6.45) is 3.26. The number of amides is 1. The van der Waals surface area contributed by atoms with E-state index in [9.17, 15) is 14.4 Å². The first-order valence-corrected chi connectivity index (χ1v) is 6.42. The van der Waals surface area contributed by atoms with Crippen LogP contribution in [0.4, 0.5) is 5.69 Å². The molecule has 0 saturated carbocycles. The van der Waals surface area contributed by atoms with Crippen molar-refractivity contribution >= 4 is 11.6 Å². The monoisotopic (exact) mass is 266 g/mol. The summed E-state index contributed by atoms with van der Waals surface area (Å²) < 4.78 is 2.24. The van der Waals surface area contributed by atoms with Gasteiger partial charge in [-0.05, 0) is 19.8 Å². The van der Waals surface area contributed by atoms with E-state index in [4.69, 9.17) is 5.73 Å². The quantitative estimate of drug-likeness (QED) is 0.778. The van der Waals surface area contributed by atoms with Gasteiger partial charge in [-0.15, -0.1) is 0 Å². The molecule has 2 rings (SSSR count). The molecule has 1 aromatic heterocycles. The molecule has 19 heavy (non-hydrogen) atoms. The molecule has 0 radical (unpaired) electrons. The van der Waals surface area contributed by atoms with Gasteiger partial charge in [0.05, 0.1) is 0 Å². The molecular formula is C12H18N4O3. The van der Waals surface area contributed by atoms with Gasteiger partial charge in [-0.25, -0.2) is 9.36 Å². The van der Waals surface area contributed by atoms with E-state index in [1.807, 2.05) is 0 Å². The minimum absolute atomic E-state index is 0.0179. The molecule has 1 aliphatic rings. The Balaban J connectivity index is 2.34. The van der Waals surface area contributed by atoms with Crippen LogP contribution in [0.3, 0.4) is 0 Å². The molecule has 0 unspecified atom stereocenters. The second-order valence-electron chi connectivity index (χ2n) is 4.63. The Morgan fingerprint density at radius 3 is 2.53 bits per heavy atom. The highest BCUT2D eigenvalue weighted by Crippen LogP contribution is 2.07. The summed E-state index contributed by atoms with van der Waals surface area (Å²) in [5, 5.41) is 0. The normalized spacial score (nSPS) is 14.9. The first kappa shape index (κ1) is 13.4. The molecule has 0 spiro atoms. The standard InChI is InChI=1S/C12H18N4O3/c1-2-14-7-9(13)11(18)16(12(14)19)8-10(17)15-5-3-4-6-15/h7H,2-6,8,13H2,1H3. The number of anilines is 1. The lowest BCUT2D eigenvalue weighted by atomic mass is 10.4. The number of rotatable bonds is 3. The molecule has 0 bridgehead atoms. The lowest BCUT2D eigenvalue weighted by molar-refractivity contribution is -0.130. The van der Waals surface area contributed by atoms with Crippen LogP contribution in [0.2, 0.25) is 0 Å². The third-order valence-electron chi connectivity index (χ3n) is 3.36. The largest absolute Gasteiger partial charge is 0.393 e. The van der Waals surface area contributed by atoms with Gasteiger partial charge in [0.1, 0.15) is 12.2 Å². The van der Waals surface area contributed by atoms with Gasteiger partial charge in [0, 0.05) is 25.8 Å². The van der Waals surface area contributed by atoms with E-state index in [0.29, 0.717) is 19.6 Å². The Morgan fingerprint density at radius 2 is 1.95 bits per heavy atom. The molecule has 1 amide bonds. The van der Waals surface area contributed by atoms with Crippen LogP contribution in [-0.4, -0.2) is 33.0 Å². The van der Waals surface area contributed by atoms with E-state index in [1.54, 1.807) is 11.8 Å². The van der Waals surface area contributed by atoms with E-state index in [2.05, 4.69) is 0 Å². The highest BCUT2D eigenvalue weighted by Gasteiger charge is 2.20. The van der Waals surface area contributed by atoms with Gasteiger partial charge in [-0.1, -0.05) is 0 Å². The third-order valence-corrected chi connectivity index (χ3v) is 3.36. The van der Waals surface area contributed by atoms with Crippen molar-refractivity contribution in [2.24, 2.45) is 0 Å². The van der Waals surface area contributed by atoms with Crippen LogP contribution in [0.15, 0.2) is 15.8 Å². The van der Waals surface area contributed by atoms with Gasteiger partial charge in [0.2, 0.25) is 5.91 Å². The third kappa shape index (κ3) is 2.54. The van der Waals surface area contributed by atoms with E-state index < -0.39 is 11.2 Å². The van der Waals surface area contributed by atoms with E-state index >= 15 is 0 Å². The summed E-state index contributed by atoms with van der Waals surface area (Å²) in [7, 11) is 0.